The molecular weight excluding hydrogens is 306 g/mol. The molecule has 0 bridgehead atoms. The van der Waals surface area contributed by atoms with Gasteiger partial charge in [0.1, 0.15) is 5.75 Å². The molecule has 1 aromatic heterocycles. The molecule has 0 aliphatic rings. The van der Waals surface area contributed by atoms with Crippen LogP contribution < -0.4 is 4.74 Å². The summed E-state index contributed by atoms with van der Waals surface area (Å²) in [5.41, 5.74) is 0.727. The second-order valence-electron chi connectivity index (χ2n) is 4.32. The van der Waals surface area contributed by atoms with Gasteiger partial charge in [-0.3, -0.25) is 4.79 Å². The van der Waals surface area contributed by atoms with Crippen molar-refractivity contribution in [1.29, 1.82) is 0 Å². The lowest BCUT2D eigenvalue weighted by Crippen LogP contribution is -2.16. The minimum absolute atomic E-state index is 0.111. The SMILES string of the molecule is O=C(O)Cc1cc(-c2ccc(OC(F)(F)F)cc2)cnc1F. The molecule has 116 valence electrons. The summed E-state index contributed by atoms with van der Waals surface area (Å²) >= 11 is 0. The third-order valence-electron chi connectivity index (χ3n) is 2.67. The minimum atomic E-state index is -4.78. The molecule has 1 N–H and O–H groups in total. The smallest absolute Gasteiger partial charge is 0.481 e. The molecule has 4 nitrogen and oxygen atoms in total. The molecule has 0 fully saturated rings. The first-order valence-electron chi connectivity index (χ1n) is 5.97. The normalized spacial score (nSPS) is 11.3. The molecule has 0 saturated heterocycles. The standard InChI is InChI=1S/C14H9F4NO3/c15-13-9(6-12(20)21)5-10(7-19-13)8-1-3-11(4-2-8)22-14(16,17)18/h1-5,7H,6H2,(H,20,21). The molecule has 2 aromatic rings. The van der Waals surface area contributed by atoms with Crippen LogP contribution in [0.5, 0.6) is 5.75 Å². The molecule has 0 atom stereocenters. The second kappa shape index (κ2) is 6.00. The fourth-order valence-electron chi connectivity index (χ4n) is 1.79. The first-order valence-corrected chi connectivity index (χ1v) is 5.97. The third-order valence-corrected chi connectivity index (χ3v) is 2.67. The summed E-state index contributed by atoms with van der Waals surface area (Å²) in [6.45, 7) is 0. The maximum absolute atomic E-state index is 13.4. The van der Waals surface area contributed by atoms with Crippen molar-refractivity contribution in [3.05, 3.63) is 48.0 Å². The topological polar surface area (TPSA) is 59.4 Å². The number of hydrogen-bond donors (Lipinski definition) is 1. The van der Waals surface area contributed by atoms with E-state index in [2.05, 4.69) is 9.72 Å². The van der Waals surface area contributed by atoms with Gasteiger partial charge < -0.3 is 9.84 Å². The molecule has 2 rings (SSSR count). The highest BCUT2D eigenvalue weighted by Gasteiger charge is 2.30. The predicted octanol–water partition coefficient (Wildman–Crippen LogP) is 3.41. The molecular formula is C14H9F4NO3. The van der Waals surface area contributed by atoms with Gasteiger partial charge in [-0.05, 0) is 23.8 Å². The maximum atomic E-state index is 13.4. The highest BCUT2D eigenvalue weighted by atomic mass is 19.4. The van der Waals surface area contributed by atoms with Gasteiger partial charge >= 0.3 is 12.3 Å². The Bertz CT molecular complexity index is 683. The van der Waals surface area contributed by atoms with Crippen LogP contribution in [-0.4, -0.2) is 22.4 Å². The number of halogens is 4. The summed E-state index contributed by atoms with van der Waals surface area (Å²) in [5, 5.41) is 8.68. The van der Waals surface area contributed by atoms with E-state index in [1.807, 2.05) is 0 Å². The van der Waals surface area contributed by atoms with Crippen LogP contribution >= 0.6 is 0 Å². The number of pyridine rings is 1. The summed E-state index contributed by atoms with van der Waals surface area (Å²) in [6.07, 6.45) is -4.16. The molecule has 22 heavy (non-hydrogen) atoms. The molecule has 0 unspecified atom stereocenters. The van der Waals surface area contributed by atoms with Gasteiger partial charge in [-0.1, -0.05) is 12.1 Å². The zero-order chi connectivity index (χ0) is 16.3. The Balaban J connectivity index is 2.26. The summed E-state index contributed by atoms with van der Waals surface area (Å²) in [7, 11) is 0. The lowest BCUT2D eigenvalue weighted by molar-refractivity contribution is -0.274. The van der Waals surface area contributed by atoms with Crippen LogP contribution in [0.2, 0.25) is 0 Å². The van der Waals surface area contributed by atoms with E-state index in [4.69, 9.17) is 5.11 Å². The van der Waals surface area contributed by atoms with Crippen molar-refractivity contribution >= 4 is 5.97 Å². The van der Waals surface area contributed by atoms with Crippen LogP contribution in [0.1, 0.15) is 5.56 Å². The van der Waals surface area contributed by atoms with E-state index < -0.39 is 30.4 Å². The fraction of sp³-hybridized carbons (Fsp3) is 0.143. The van der Waals surface area contributed by atoms with Gasteiger partial charge in [-0.2, -0.15) is 4.39 Å². The molecule has 0 spiro atoms. The number of aliphatic carboxylic acids is 1. The minimum Gasteiger partial charge on any atom is -0.481 e. The average Bonchev–Trinajstić information content (AvgIpc) is 2.40. The Hall–Kier alpha value is -2.64. The number of rotatable bonds is 4. The van der Waals surface area contributed by atoms with Gasteiger partial charge in [0.15, 0.2) is 0 Å². The Morgan fingerprint density at radius 2 is 1.82 bits per heavy atom. The number of alkyl halides is 3. The van der Waals surface area contributed by atoms with Crippen molar-refractivity contribution in [1.82, 2.24) is 4.98 Å². The van der Waals surface area contributed by atoms with Crippen molar-refractivity contribution in [2.45, 2.75) is 12.8 Å². The first-order chi connectivity index (χ1) is 10.2. The first kappa shape index (κ1) is 15.7. The van der Waals surface area contributed by atoms with Crippen molar-refractivity contribution in [3.63, 3.8) is 0 Å². The zero-order valence-corrected chi connectivity index (χ0v) is 10.9. The molecule has 1 aromatic carbocycles. The molecule has 1 heterocycles. The second-order valence-corrected chi connectivity index (χ2v) is 4.32. The number of carboxylic acid groups (broad SMARTS) is 1. The lowest BCUT2D eigenvalue weighted by atomic mass is 10.0. The maximum Gasteiger partial charge on any atom is 0.573 e. The van der Waals surface area contributed by atoms with E-state index in [-0.39, 0.29) is 5.56 Å². The predicted molar refractivity (Wildman–Crippen MR) is 67.7 cm³/mol. The molecule has 8 heteroatoms. The van der Waals surface area contributed by atoms with Gasteiger partial charge in [0.2, 0.25) is 5.95 Å². The number of nitrogens with zero attached hydrogens (tertiary/aromatic N) is 1. The quantitative estimate of drug-likeness (QED) is 0.694. The summed E-state index contributed by atoms with van der Waals surface area (Å²) in [4.78, 5) is 14.1. The van der Waals surface area contributed by atoms with Gasteiger partial charge in [0.05, 0.1) is 6.42 Å². The van der Waals surface area contributed by atoms with E-state index in [0.29, 0.717) is 11.1 Å². The van der Waals surface area contributed by atoms with Crippen LogP contribution in [0.15, 0.2) is 36.5 Å². The Labute approximate surface area is 122 Å². The van der Waals surface area contributed by atoms with Crippen LogP contribution in [0.4, 0.5) is 17.6 Å². The molecule has 0 amide bonds. The zero-order valence-electron chi connectivity index (χ0n) is 10.9. The van der Waals surface area contributed by atoms with Crippen LogP contribution in [-0.2, 0) is 11.2 Å². The molecule has 0 radical (unpaired) electrons. The Morgan fingerprint density at radius 1 is 1.18 bits per heavy atom. The van der Waals surface area contributed by atoms with Crippen molar-refractivity contribution in [3.8, 4) is 16.9 Å². The third kappa shape index (κ3) is 4.18. The van der Waals surface area contributed by atoms with Crippen molar-refractivity contribution in [2.24, 2.45) is 0 Å². The number of carbonyl (C=O) groups is 1. The number of carboxylic acids is 1. The van der Waals surface area contributed by atoms with E-state index in [1.54, 1.807) is 0 Å². The Kier molecular flexibility index (Phi) is 4.30. The Morgan fingerprint density at radius 3 is 2.36 bits per heavy atom. The van der Waals surface area contributed by atoms with Gasteiger partial charge in [-0.25, -0.2) is 4.98 Å². The van der Waals surface area contributed by atoms with E-state index in [0.717, 1.165) is 12.1 Å². The highest BCUT2D eigenvalue weighted by Crippen LogP contribution is 2.27. The van der Waals surface area contributed by atoms with Crippen LogP contribution in [0, 0.1) is 5.95 Å². The molecule has 0 aliphatic heterocycles. The largest absolute Gasteiger partial charge is 0.573 e. The van der Waals surface area contributed by atoms with Gasteiger partial charge in [0, 0.05) is 17.3 Å². The number of benzene rings is 1. The monoisotopic (exact) mass is 315 g/mol. The van der Waals surface area contributed by atoms with Crippen molar-refractivity contribution in [2.75, 3.05) is 0 Å². The molecule has 0 aliphatic carbocycles. The van der Waals surface area contributed by atoms with Gasteiger partial charge in [-0.15, -0.1) is 13.2 Å². The average molecular weight is 315 g/mol. The van der Waals surface area contributed by atoms with Gasteiger partial charge in [0.25, 0.3) is 0 Å². The fourth-order valence-corrected chi connectivity index (χ4v) is 1.79. The summed E-state index contributed by atoms with van der Waals surface area (Å²) in [6, 6.07) is 6.16. The number of ether oxygens (including phenoxy) is 1. The van der Waals surface area contributed by atoms with Crippen LogP contribution in [0.3, 0.4) is 0 Å². The van der Waals surface area contributed by atoms with E-state index in [9.17, 15) is 22.4 Å². The van der Waals surface area contributed by atoms with E-state index >= 15 is 0 Å². The van der Waals surface area contributed by atoms with Crippen LogP contribution in [0.25, 0.3) is 11.1 Å². The molecule has 0 saturated carbocycles. The van der Waals surface area contributed by atoms with E-state index in [1.165, 1.54) is 24.4 Å². The highest BCUT2D eigenvalue weighted by molar-refractivity contribution is 5.72. The number of hydrogen-bond acceptors (Lipinski definition) is 3. The van der Waals surface area contributed by atoms with Crippen molar-refractivity contribution < 1.29 is 32.2 Å². The lowest BCUT2D eigenvalue weighted by Gasteiger charge is -2.09. The number of aromatic nitrogens is 1. The summed E-state index contributed by atoms with van der Waals surface area (Å²) in [5.74, 6) is -2.51. The summed E-state index contributed by atoms with van der Waals surface area (Å²) < 4.78 is 53.3.